The van der Waals surface area contributed by atoms with Crippen LogP contribution in [0.1, 0.15) is 38.8 Å². The van der Waals surface area contributed by atoms with Crippen molar-refractivity contribution in [3.8, 4) is 5.69 Å². The topological polar surface area (TPSA) is 81.1 Å². The lowest BCUT2D eigenvalue weighted by atomic mass is 9.83. The van der Waals surface area contributed by atoms with E-state index in [4.69, 9.17) is 11.6 Å². The number of hydrogen-bond donors (Lipinski definition) is 1. The van der Waals surface area contributed by atoms with E-state index in [0.717, 1.165) is 5.69 Å². The molecule has 1 aliphatic rings. The molecule has 0 spiro atoms. The van der Waals surface area contributed by atoms with Gasteiger partial charge in [0.2, 0.25) is 5.91 Å². The monoisotopic (exact) mass is 487 g/mol. The quantitative estimate of drug-likeness (QED) is 0.335. The number of fused-ring (bicyclic) bond motifs is 2. The van der Waals surface area contributed by atoms with Crippen molar-refractivity contribution in [3.63, 3.8) is 0 Å². The van der Waals surface area contributed by atoms with Gasteiger partial charge >= 0.3 is 0 Å². The summed E-state index contributed by atoms with van der Waals surface area (Å²) in [4.78, 5) is 43.6. The van der Waals surface area contributed by atoms with Crippen LogP contribution in [0.4, 0.5) is 5.69 Å². The highest BCUT2D eigenvalue weighted by atomic mass is 35.5. The van der Waals surface area contributed by atoms with Crippen molar-refractivity contribution in [2.75, 3.05) is 5.32 Å². The van der Waals surface area contributed by atoms with Crippen molar-refractivity contribution < 1.29 is 14.4 Å². The molecule has 1 aromatic heterocycles. The third kappa shape index (κ3) is 3.93. The van der Waals surface area contributed by atoms with E-state index in [-0.39, 0.29) is 23.0 Å². The number of carbonyl (C=O) groups is 3. The first-order valence-electron chi connectivity index (χ1n) is 10.5. The average Bonchev–Trinajstić information content (AvgIpc) is 3.30. The molecular formula is C26H18ClN3O3S. The molecule has 34 heavy (non-hydrogen) atoms. The molecule has 0 fully saturated rings. The molecule has 3 aromatic carbocycles. The van der Waals surface area contributed by atoms with Gasteiger partial charge in [0, 0.05) is 39.8 Å². The Labute approximate surface area is 205 Å². The fraction of sp³-hybridized carbons (Fsp3) is 0.0769. The third-order valence-electron chi connectivity index (χ3n) is 5.55. The van der Waals surface area contributed by atoms with Crippen molar-refractivity contribution in [1.29, 1.82) is 0 Å². The molecule has 168 valence electrons. The molecule has 0 saturated carbocycles. The highest BCUT2D eigenvalue weighted by Gasteiger charge is 2.32. The Kier molecular flexibility index (Phi) is 5.81. The minimum Gasteiger partial charge on any atom is -0.324 e. The number of nitrogens with zero attached hydrogens (tertiary/aromatic N) is 2. The first kappa shape index (κ1) is 22.1. The van der Waals surface area contributed by atoms with Gasteiger partial charge in [0.15, 0.2) is 16.7 Å². The van der Waals surface area contributed by atoms with Gasteiger partial charge in [0.25, 0.3) is 0 Å². The lowest BCUT2D eigenvalue weighted by molar-refractivity contribution is -0.115. The zero-order valence-electron chi connectivity index (χ0n) is 18.0. The fourth-order valence-electron chi connectivity index (χ4n) is 3.89. The second-order valence-corrected chi connectivity index (χ2v) is 9.49. The Morgan fingerprint density at radius 2 is 1.68 bits per heavy atom. The van der Waals surface area contributed by atoms with E-state index < -0.39 is 5.25 Å². The zero-order chi connectivity index (χ0) is 23.8. The molecule has 0 radical (unpaired) electrons. The predicted octanol–water partition coefficient (Wildman–Crippen LogP) is 5.42. The first-order chi connectivity index (χ1) is 16.4. The highest BCUT2D eigenvalue weighted by molar-refractivity contribution is 8.00. The van der Waals surface area contributed by atoms with Crippen molar-refractivity contribution in [2.45, 2.75) is 17.3 Å². The van der Waals surface area contributed by atoms with Gasteiger partial charge in [-0.25, -0.2) is 4.98 Å². The van der Waals surface area contributed by atoms with Crippen LogP contribution in [-0.2, 0) is 4.79 Å². The average molecular weight is 488 g/mol. The molecule has 0 bridgehead atoms. The molecule has 5 rings (SSSR count). The van der Waals surface area contributed by atoms with Crippen LogP contribution in [0.25, 0.3) is 5.69 Å². The predicted molar refractivity (Wildman–Crippen MR) is 132 cm³/mol. The number of ketones is 2. The van der Waals surface area contributed by atoms with Crippen LogP contribution in [0.5, 0.6) is 0 Å². The highest BCUT2D eigenvalue weighted by Crippen LogP contribution is 2.33. The number of thioether (sulfide) groups is 1. The Hall–Kier alpha value is -3.68. The summed E-state index contributed by atoms with van der Waals surface area (Å²) in [5.74, 6) is -0.816. The summed E-state index contributed by atoms with van der Waals surface area (Å²) in [5, 5.41) is 3.54. The van der Waals surface area contributed by atoms with E-state index in [1.807, 2.05) is 22.8 Å². The number of halogens is 1. The minimum absolute atomic E-state index is 0.220. The van der Waals surface area contributed by atoms with E-state index >= 15 is 0 Å². The van der Waals surface area contributed by atoms with Crippen LogP contribution < -0.4 is 5.32 Å². The van der Waals surface area contributed by atoms with E-state index in [9.17, 15) is 14.4 Å². The van der Waals surface area contributed by atoms with Gasteiger partial charge in [0.1, 0.15) is 0 Å². The van der Waals surface area contributed by atoms with E-state index in [1.54, 1.807) is 67.8 Å². The van der Waals surface area contributed by atoms with Crippen LogP contribution in [0.2, 0.25) is 5.02 Å². The first-order valence-corrected chi connectivity index (χ1v) is 11.8. The number of imidazole rings is 1. The summed E-state index contributed by atoms with van der Waals surface area (Å²) >= 11 is 7.39. The summed E-state index contributed by atoms with van der Waals surface area (Å²) < 4.78 is 1.85. The molecule has 1 unspecified atom stereocenters. The Morgan fingerprint density at radius 1 is 0.971 bits per heavy atom. The van der Waals surface area contributed by atoms with Crippen LogP contribution in [0.15, 0.2) is 84.3 Å². The van der Waals surface area contributed by atoms with Crippen molar-refractivity contribution in [3.05, 3.63) is 106 Å². The molecule has 8 heteroatoms. The van der Waals surface area contributed by atoms with Gasteiger partial charge in [-0.2, -0.15) is 0 Å². The van der Waals surface area contributed by atoms with Gasteiger partial charge in [0.05, 0.1) is 16.5 Å². The molecule has 6 nitrogen and oxygen atoms in total. The molecule has 0 saturated heterocycles. The maximum atomic E-state index is 13.2. The summed E-state index contributed by atoms with van der Waals surface area (Å²) in [7, 11) is 0. The number of amides is 1. The normalized spacial score (nSPS) is 13.2. The van der Waals surface area contributed by atoms with Gasteiger partial charge in [-0.1, -0.05) is 65.8 Å². The molecule has 1 aliphatic carbocycles. The maximum absolute atomic E-state index is 13.2. The number of nitrogens with one attached hydrogen (secondary N) is 1. The van der Waals surface area contributed by atoms with Gasteiger partial charge in [-0.05, 0) is 31.2 Å². The van der Waals surface area contributed by atoms with Crippen LogP contribution in [0.3, 0.4) is 0 Å². The van der Waals surface area contributed by atoms with Gasteiger partial charge in [-0.3, -0.25) is 19.0 Å². The van der Waals surface area contributed by atoms with Gasteiger partial charge < -0.3 is 5.32 Å². The van der Waals surface area contributed by atoms with Crippen LogP contribution >= 0.6 is 23.4 Å². The molecule has 1 heterocycles. The summed E-state index contributed by atoms with van der Waals surface area (Å²) in [6, 6.07) is 19.0. The Bertz CT molecular complexity index is 1460. The lowest BCUT2D eigenvalue weighted by Crippen LogP contribution is -2.27. The Balaban J connectivity index is 1.39. The number of hydrogen-bond acceptors (Lipinski definition) is 5. The zero-order valence-corrected chi connectivity index (χ0v) is 19.6. The fourth-order valence-corrected chi connectivity index (χ4v) is 4.96. The number of aromatic nitrogens is 2. The Morgan fingerprint density at radius 3 is 2.44 bits per heavy atom. The number of benzene rings is 3. The number of anilines is 1. The van der Waals surface area contributed by atoms with Crippen LogP contribution in [0, 0.1) is 0 Å². The molecule has 1 amide bonds. The molecular weight excluding hydrogens is 470 g/mol. The standard InChI is InChI=1S/C26H18ClN3O3S/c1-15(34-26-28-12-13-30(26)17-7-4-6-16(27)14-17)25(33)29-21-11-5-10-20-22(21)24(32)19-9-3-2-8-18(19)23(20)31/h2-15H,1H3,(H,29,33). The SMILES string of the molecule is CC(Sc1nccn1-c1cccc(Cl)c1)C(=O)Nc1cccc2c1C(=O)c1ccccc1C2=O. The van der Waals surface area contributed by atoms with E-state index in [1.165, 1.54) is 11.8 Å². The number of rotatable bonds is 5. The molecule has 0 aliphatic heterocycles. The summed E-state index contributed by atoms with van der Waals surface area (Å²) in [6.07, 6.45) is 3.46. The van der Waals surface area contributed by atoms with Crippen molar-refractivity contribution in [1.82, 2.24) is 9.55 Å². The third-order valence-corrected chi connectivity index (χ3v) is 6.87. The smallest absolute Gasteiger partial charge is 0.237 e. The van der Waals surface area contributed by atoms with Crippen LogP contribution in [-0.4, -0.2) is 32.3 Å². The summed E-state index contributed by atoms with van der Waals surface area (Å²) in [6.45, 7) is 1.76. The van der Waals surface area contributed by atoms with Crippen molar-refractivity contribution in [2.24, 2.45) is 0 Å². The molecule has 4 aromatic rings. The lowest BCUT2D eigenvalue weighted by Gasteiger charge is -2.21. The second-order valence-electron chi connectivity index (χ2n) is 7.74. The minimum atomic E-state index is -0.530. The van der Waals surface area contributed by atoms with Crippen molar-refractivity contribution >= 4 is 46.5 Å². The number of carbonyl (C=O) groups excluding carboxylic acids is 3. The molecule has 1 atom stereocenters. The molecule has 1 N–H and O–H groups in total. The largest absolute Gasteiger partial charge is 0.324 e. The van der Waals surface area contributed by atoms with Gasteiger partial charge in [-0.15, -0.1) is 0 Å². The summed E-state index contributed by atoms with van der Waals surface area (Å²) in [5.41, 5.74) is 2.38. The van der Waals surface area contributed by atoms with E-state index in [0.29, 0.717) is 32.6 Å². The van der Waals surface area contributed by atoms with E-state index in [2.05, 4.69) is 10.3 Å². The second kappa shape index (κ2) is 8.93. The maximum Gasteiger partial charge on any atom is 0.237 e.